The number of fused-ring (bicyclic) bond motifs is 2. The van der Waals surface area contributed by atoms with E-state index in [2.05, 4.69) is 85.3 Å². The Kier molecular flexibility index (Phi) is 16.2. The second-order valence-electron chi connectivity index (χ2n) is 15.0. The largest absolute Gasteiger partial charge is 0.512 e. The average molecular weight is 949 g/mol. The first-order valence-electron chi connectivity index (χ1n) is 20.4. The Balaban J connectivity index is 0.000000236. The fourth-order valence-electron chi connectivity index (χ4n) is 6.90. The van der Waals surface area contributed by atoms with Gasteiger partial charge in [-0.2, -0.15) is 0 Å². The summed E-state index contributed by atoms with van der Waals surface area (Å²) in [6.07, 6.45) is 4.37. The molecule has 0 bridgehead atoms. The van der Waals surface area contributed by atoms with Crippen molar-refractivity contribution in [2.75, 3.05) is 0 Å². The van der Waals surface area contributed by atoms with E-state index in [1.54, 1.807) is 6.92 Å². The molecular formula is C50H56F2IrN2O2-2. The maximum absolute atomic E-state index is 12.9. The van der Waals surface area contributed by atoms with Crippen molar-refractivity contribution in [3.05, 3.63) is 142 Å². The first kappa shape index (κ1) is 43.5. The van der Waals surface area contributed by atoms with Crippen LogP contribution < -0.4 is 0 Å². The molecule has 2 heterocycles. The Labute approximate surface area is 355 Å². The molecule has 0 saturated heterocycles. The third kappa shape index (κ3) is 13.5. The molecule has 0 spiro atoms. The Hall–Kier alpha value is -4.58. The molecular weight excluding hydrogens is 891 g/mol. The van der Waals surface area contributed by atoms with E-state index in [4.69, 9.17) is 2.74 Å². The fourth-order valence-corrected chi connectivity index (χ4v) is 6.90. The molecule has 6 rings (SSSR count). The van der Waals surface area contributed by atoms with Gasteiger partial charge in [0, 0.05) is 56.8 Å². The van der Waals surface area contributed by atoms with Gasteiger partial charge in [-0.3, -0.25) is 4.79 Å². The number of ketones is 1. The predicted octanol–water partition coefficient (Wildman–Crippen LogP) is 13.8. The van der Waals surface area contributed by atoms with Crippen LogP contribution in [0, 0.1) is 65.5 Å². The van der Waals surface area contributed by atoms with Crippen LogP contribution in [0.4, 0.5) is 8.78 Å². The predicted molar refractivity (Wildman–Crippen MR) is 229 cm³/mol. The van der Waals surface area contributed by atoms with Gasteiger partial charge in [0.25, 0.3) is 0 Å². The summed E-state index contributed by atoms with van der Waals surface area (Å²) in [5.41, 5.74) is 10.7. The average Bonchev–Trinajstić information content (AvgIpc) is 3.14. The van der Waals surface area contributed by atoms with Crippen molar-refractivity contribution in [1.29, 1.82) is 0 Å². The zero-order valence-corrected chi connectivity index (χ0v) is 37.2. The molecule has 6 aromatic rings. The molecule has 0 aliphatic heterocycles. The number of hydrogen-bond donors (Lipinski definition) is 1. The maximum atomic E-state index is 12.9. The summed E-state index contributed by atoms with van der Waals surface area (Å²) in [7, 11) is 0. The number of halogens is 2. The SMILES string of the molecule is CCC(CC)C(=O)/C=C(\O)C(CC)CC(C)(F)F.Cc1[c-]c(-c2nccc3cc(C)ccc23)cc(C)c1.[2H]c1nc(-c2[c-]c(C)cc(C)c2)c2ccc(C)cc2c1[2H].[Ir]. The van der Waals surface area contributed by atoms with Crippen LogP contribution in [0.25, 0.3) is 44.1 Å². The summed E-state index contributed by atoms with van der Waals surface area (Å²) in [4.78, 5) is 20.7. The van der Waals surface area contributed by atoms with E-state index in [0.717, 1.165) is 68.5 Å². The maximum Gasteiger partial charge on any atom is 0.246 e. The van der Waals surface area contributed by atoms with Gasteiger partial charge in [0.15, 0.2) is 5.78 Å². The molecule has 0 amide bonds. The molecule has 0 aliphatic carbocycles. The summed E-state index contributed by atoms with van der Waals surface area (Å²) >= 11 is 0. The van der Waals surface area contributed by atoms with Crippen molar-refractivity contribution >= 4 is 27.3 Å². The number of aromatic nitrogens is 2. The summed E-state index contributed by atoms with van der Waals surface area (Å²) in [6.45, 7) is 18.7. The van der Waals surface area contributed by atoms with E-state index in [0.29, 0.717) is 19.3 Å². The molecule has 1 atom stereocenters. The minimum absolute atomic E-state index is 0. The Morgan fingerprint density at radius 1 is 0.737 bits per heavy atom. The molecule has 1 radical (unpaired) electrons. The topological polar surface area (TPSA) is 63.1 Å². The quantitative estimate of drug-likeness (QED) is 0.0844. The van der Waals surface area contributed by atoms with Crippen LogP contribution in [0.5, 0.6) is 0 Å². The first-order valence-corrected chi connectivity index (χ1v) is 19.4. The zero-order chi connectivity index (χ0) is 42.9. The number of aliphatic hydroxyl groups excluding tert-OH is 1. The van der Waals surface area contributed by atoms with Crippen molar-refractivity contribution in [2.24, 2.45) is 11.8 Å². The monoisotopic (exact) mass is 949 g/mol. The van der Waals surface area contributed by atoms with Gasteiger partial charge in [0.1, 0.15) is 0 Å². The number of nitrogens with zero attached hydrogens (tertiary/aromatic N) is 2. The molecule has 4 aromatic carbocycles. The molecule has 57 heavy (non-hydrogen) atoms. The van der Waals surface area contributed by atoms with Crippen molar-refractivity contribution < 1.29 is 41.5 Å². The zero-order valence-electron chi connectivity index (χ0n) is 36.8. The van der Waals surface area contributed by atoms with Crippen LogP contribution in [-0.4, -0.2) is 26.8 Å². The molecule has 7 heteroatoms. The molecule has 0 fully saturated rings. The van der Waals surface area contributed by atoms with Gasteiger partial charge in [-0.05, 0) is 85.1 Å². The summed E-state index contributed by atoms with van der Waals surface area (Å²) in [6, 6.07) is 29.8. The minimum atomic E-state index is -2.83. The number of aliphatic hydroxyl groups is 1. The van der Waals surface area contributed by atoms with Gasteiger partial charge in [-0.15, -0.1) is 69.8 Å². The van der Waals surface area contributed by atoms with Gasteiger partial charge >= 0.3 is 0 Å². The van der Waals surface area contributed by atoms with Gasteiger partial charge < -0.3 is 15.1 Å². The smallest absolute Gasteiger partial charge is 0.246 e. The van der Waals surface area contributed by atoms with Crippen LogP contribution in [0.2, 0.25) is 0 Å². The van der Waals surface area contributed by atoms with Crippen LogP contribution >= 0.6 is 0 Å². The van der Waals surface area contributed by atoms with Gasteiger partial charge in [0.05, 0.1) is 8.50 Å². The number of benzene rings is 4. The standard InChI is InChI=1S/2C18H16N.C14H24F2O2.Ir/c2*1-12-4-5-17-15(9-12)6-7-19-18(17)16-10-13(2)8-14(3)11-16;1-5-10(6-2)12(17)8-13(18)11(7-3)9-14(4,15)16;/h2*4-10H,1-3H3;8,10-11,18H,5-7,9H2,1-4H3;/q2*-1;;/b;;13-8-;/i6D,7D;;;. The number of aryl methyl sites for hydroxylation is 6. The van der Waals surface area contributed by atoms with Gasteiger partial charge in [-0.25, -0.2) is 8.78 Å². The number of hydrogen-bond acceptors (Lipinski definition) is 4. The number of rotatable bonds is 10. The summed E-state index contributed by atoms with van der Waals surface area (Å²) < 4.78 is 41.9. The van der Waals surface area contributed by atoms with E-state index in [9.17, 15) is 18.7 Å². The van der Waals surface area contributed by atoms with E-state index in [-0.39, 0.29) is 49.8 Å². The fraction of sp³-hybridized carbons (Fsp3) is 0.340. The molecule has 4 nitrogen and oxygen atoms in total. The minimum Gasteiger partial charge on any atom is -0.512 e. The normalized spacial score (nSPS) is 12.5. The molecule has 303 valence electrons. The van der Waals surface area contributed by atoms with Crippen LogP contribution in [0.1, 0.15) is 89.5 Å². The van der Waals surface area contributed by atoms with Crippen molar-refractivity contribution in [2.45, 2.75) is 101 Å². The Morgan fingerprint density at radius 3 is 1.72 bits per heavy atom. The van der Waals surface area contributed by atoms with Crippen LogP contribution in [0.15, 0.2) is 97.0 Å². The van der Waals surface area contributed by atoms with E-state index in [1.807, 2.05) is 65.1 Å². The third-order valence-corrected chi connectivity index (χ3v) is 9.71. The Bertz CT molecular complexity index is 2380. The van der Waals surface area contributed by atoms with Crippen molar-refractivity contribution in [3.63, 3.8) is 0 Å². The van der Waals surface area contributed by atoms with E-state index in [1.165, 1.54) is 21.9 Å². The number of alkyl halides is 2. The van der Waals surface area contributed by atoms with Crippen molar-refractivity contribution in [3.8, 4) is 22.5 Å². The van der Waals surface area contributed by atoms with E-state index < -0.39 is 18.3 Å². The molecule has 0 saturated carbocycles. The number of carbonyl (C=O) groups is 1. The second-order valence-corrected chi connectivity index (χ2v) is 15.0. The molecule has 1 unspecified atom stereocenters. The molecule has 0 aliphatic rings. The van der Waals surface area contributed by atoms with Crippen LogP contribution in [0.3, 0.4) is 0 Å². The number of allylic oxidation sites excluding steroid dienone is 2. The number of carbonyl (C=O) groups excluding carboxylic acids is 1. The third-order valence-electron chi connectivity index (χ3n) is 9.71. The Morgan fingerprint density at radius 2 is 1.23 bits per heavy atom. The second kappa shape index (κ2) is 21.3. The molecule has 2 aromatic heterocycles. The van der Waals surface area contributed by atoms with Gasteiger partial charge in [-0.1, -0.05) is 96.0 Å². The van der Waals surface area contributed by atoms with E-state index >= 15 is 0 Å². The van der Waals surface area contributed by atoms with Crippen molar-refractivity contribution in [1.82, 2.24) is 9.97 Å². The molecule has 1 N–H and O–H groups in total. The van der Waals surface area contributed by atoms with Crippen LogP contribution in [-0.2, 0) is 24.9 Å². The summed E-state index contributed by atoms with van der Waals surface area (Å²) in [5.74, 6) is -4.00. The van der Waals surface area contributed by atoms with Gasteiger partial charge in [0.2, 0.25) is 5.92 Å². The number of pyridine rings is 2. The first-order chi connectivity index (χ1) is 27.3. The summed E-state index contributed by atoms with van der Waals surface area (Å²) in [5, 5.41) is 13.9.